The normalized spacial score (nSPS) is 28.8. The first-order valence-electron chi connectivity index (χ1n) is 17.2. The zero-order chi connectivity index (χ0) is 36.0. The predicted molar refractivity (Wildman–Crippen MR) is 186 cm³/mol. The fraction of sp³-hybridized carbons (Fsp3) is 0.487. The minimum absolute atomic E-state index is 0.210. The van der Waals surface area contributed by atoms with Gasteiger partial charge in [-0.2, -0.15) is 10.5 Å². The van der Waals surface area contributed by atoms with Crippen molar-refractivity contribution in [2.45, 2.75) is 68.9 Å². The molecule has 0 amide bonds. The Hall–Kier alpha value is -4.72. The molecule has 4 bridgehead atoms. The molecule has 6 aliphatic heterocycles. The van der Waals surface area contributed by atoms with E-state index in [4.69, 9.17) is 33.2 Å². The van der Waals surface area contributed by atoms with E-state index in [-0.39, 0.29) is 12.1 Å². The average Bonchev–Trinajstić information content (AvgIpc) is 3.41. The molecule has 1 unspecified atom stereocenters. The third-order valence-corrected chi connectivity index (χ3v) is 12.0. The van der Waals surface area contributed by atoms with Gasteiger partial charge in [0.25, 0.3) is 0 Å². The van der Waals surface area contributed by atoms with Crippen molar-refractivity contribution in [3.05, 3.63) is 68.8 Å². The van der Waals surface area contributed by atoms with Crippen molar-refractivity contribution < 1.29 is 33.2 Å². The van der Waals surface area contributed by atoms with Crippen LogP contribution in [0, 0.1) is 36.5 Å². The van der Waals surface area contributed by atoms with Gasteiger partial charge in [-0.15, -0.1) is 0 Å². The van der Waals surface area contributed by atoms with Crippen molar-refractivity contribution in [1.29, 1.82) is 10.5 Å². The summed E-state index contributed by atoms with van der Waals surface area (Å²) in [6.45, 7) is 4.32. The molecule has 0 aromatic heterocycles. The third-order valence-electron chi connectivity index (χ3n) is 12.0. The summed E-state index contributed by atoms with van der Waals surface area (Å²) in [5.41, 5.74) is 7.18. The van der Waals surface area contributed by atoms with Gasteiger partial charge in [0, 0.05) is 51.5 Å². The molecule has 12 heteroatoms. The Morgan fingerprint density at radius 2 is 1.31 bits per heavy atom. The van der Waals surface area contributed by atoms with Crippen molar-refractivity contribution >= 4 is 0 Å². The molecule has 0 radical (unpaired) electrons. The lowest BCUT2D eigenvalue weighted by molar-refractivity contribution is -0.209. The Balaban J connectivity index is 1.49. The number of piperazine rings is 1. The van der Waals surface area contributed by atoms with E-state index in [2.05, 4.69) is 33.9 Å². The molecule has 2 saturated heterocycles. The molecule has 12 nitrogen and oxygen atoms in total. The van der Waals surface area contributed by atoms with Crippen molar-refractivity contribution in [1.82, 2.24) is 14.7 Å². The predicted octanol–water partition coefficient (Wildman–Crippen LogP) is 5.23. The van der Waals surface area contributed by atoms with Crippen LogP contribution in [0.2, 0.25) is 0 Å². The van der Waals surface area contributed by atoms with Gasteiger partial charge in [-0.05, 0) is 32.9 Å². The lowest BCUT2D eigenvalue weighted by Crippen LogP contribution is -2.70. The van der Waals surface area contributed by atoms with Gasteiger partial charge in [-0.1, -0.05) is 24.3 Å². The third kappa shape index (κ3) is 4.19. The fourth-order valence-corrected chi connectivity index (χ4v) is 10.2. The molecule has 266 valence electrons. The standard InChI is InChI=1S/C39H43N5O7/c1-18-32(45-4)22-14-23-25(16-41)44-26-17-43-24(15-40)20-12-10-11-13-21(20)39(43)51-36(29-28(26)38(50-9)35(48-7)19(2)33(29)46-5)31(44)30(42(23)3)27(22)37(49-8)34(18)47-6/h10-13,23-26,30-31,36,39H,14,17H2,1-9H3/t23-,24-,25-,26+,30+,31+,36+,39?/m0/s1. The van der Waals surface area contributed by atoms with Crippen LogP contribution >= 0.6 is 0 Å². The van der Waals surface area contributed by atoms with Crippen LogP contribution in [-0.2, 0) is 11.2 Å². The number of fused-ring (bicyclic) bond motifs is 5. The fourth-order valence-electron chi connectivity index (χ4n) is 10.2. The molecule has 6 aliphatic rings. The number of nitrogens with zero attached hydrogens (tertiary/aromatic N) is 5. The highest BCUT2D eigenvalue weighted by Crippen LogP contribution is 2.65. The van der Waals surface area contributed by atoms with Crippen molar-refractivity contribution in [3.63, 3.8) is 0 Å². The van der Waals surface area contributed by atoms with Crippen LogP contribution in [0.1, 0.15) is 75.0 Å². The van der Waals surface area contributed by atoms with E-state index in [9.17, 15) is 10.5 Å². The van der Waals surface area contributed by atoms with Gasteiger partial charge in [0.1, 0.15) is 35.9 Å². The van der Waals surface area contributed by atoms with E-state index in [0.717, 1.165) is 50.3 Å². The van der Waals surface area contributed by atoms with Gasteiger partial charge in [0.05, 0.1) is 72.9 Å². The maximum Gasteiger partial charge on any atom is 0.167 e. The van der Waals surface area contributed by atoms with Crippen LogP contribution in [0.5, 0.6) is 34.5 Å². The molecule has 51 heavy (non-hydrogen) atoms. The zero-order valence-electron chi connectivity index (χ0n) is 30.4. The highest BCUT2D eigenvalue weighted by molar-refractivity contribution is 5.68. The highest BCUT2D eigenvalue weighted by atomic mass is 16.5. The number of hydrogen-bond donors (Lipinski definition) is 0. The van der Waals surface area contributed by atoms with Crippen LogP contribution in [-0.4, -0.2) is 89.1 Å². The van der Waals surface area contributed by atoms with Gasteiger partial charge in [-0.3, -0.25) is 14.7 Å². The van der Waals surface area contributed by atoms with E-state index in [1.165, 1.54) is 0 Å². The van der Waals surface area contributed by atoms with Gasteiger partial charge < -0.3 is 33.2 Å². The summed E-state index contributed by atoms with van der Waals surface area (Å²) < 4.78 is 44.4. The number of hydrogen-bond acceptors (Lipinski definition) is 12. The molecule has 2 fully saturated rings. The first-order valence-corrected chi connectivity index (χ1v) is 17.2. The number of nitriles is 2. The maximum atomic E-state index is 11.2. The number of rotatable bonds is 6. The molecule has 0 spiro atoms. The Bertz CT molecular complexity index is 2020. The smallest absolute Gasteiger partial charge is 0.167 e. The van der Waals surface area contributed by atoms with E-state index in [1.807, 2.05) is 38.1 Å². The lowest BCUT2D eigenvalue weighted by Gasteiger charge is -2.63. The van der Waals surface area contributed by atoms with Crippen molar-refractivity contribution in [3.8, 4) is 46.6 Å². The largest absolute Gasteiger partial charge is 0.496 e. The zero-order valence-corrected chi connectivity index (χ0v) is 30.4. The maximum absolute atomic E-state index is 11.2. The Morgan fingerprint density at radius 1 is 0.725 bits per heavy atom. The van der Waals surface area contributed by atoms with Crippen LogP contribution in [0.15, 0.2) is 24.3 Å². The number of methoxy groups -OCH3 is 6. The summed E-state index contributed by atoms with van der Waals surface area (Å²) in [7, 11) is 12.0. The Kier molecular flexibility index (Phi) is 8.00. The second-order valence-corrected chi connectivity index (χ2v) is 13.8. The molecule has 3 aromatic carbocycles. The first-order chi connectivity index (χ1) is 24.8. The van der Waals surface area contributed by atoms with E-state index < -0.39 is 36.5 Å². The molecular weight excluding hydrogens is 650 g/mol. The van der Waals surface area contributed by atoms with E-state index in [1.54, 1.807) is 42.7 Å². The molecule has 8 atom stereocenters. The van der Waals surface area contributed by atoms with Gasteiger partial charge in [0.15, 0.2) is 23.0 Å². The number of likely N-dealkylation sites (N-methyl/N-ethyl adjacent to an activating group) is 1. The average molecular weight is 694 g/mol. The molecular formula is C39H43N5O7. The van der Waals surface area contributed by atoms with Gasteiger partial charge >= 0.3 is 0 Å². The highest BCUT2D eigenvalue weighted by Gasteiger charge is 2.63. The van der Waals surface area contributed by atoms with Crippen molar-refractivity contribution in [2.75, 3.05) is 56.3 Å². The van der Waals surface area contributed by atoms with Crippen LogP contribution in [0.4, 0.5) is 0 Å². The second-order valence-electron chi connectivity index (χ2n) is 13.8. The second kappa shape index (κ2) is 12.2. The van der Waals surface area contributed by atoms with E-state index >= 15 is 0 Å². The van der Waals surface area contributed by atoms with E-state index in [0.29, 0.717) is 41.7 Å². The van der Waals surface area contributed by atoms with Crippen LogP contribution in [0.3, 0.4) is 0 Å². The van der Waals surface area contributed by atoms with Gasteiger partial charge in [0.2, 0.25) is 0 Å². The summed E-state index contributed by atoms with van der Waals surface area (Å²) in [5, 5.41) is 21.9. The Labute approximate surface area is 298 Å². The summed E-state index contributed by atoms with van der Waals surface area (Å²) >= 11 is 0. The summed E-state index contributed by atoms with van der Waals surface area (Å²) in [4.78, 5) is 6.77. The van der Waals surface area contributed by atoms with Gasteiger partial charge in [-0.25, -0.2) is 0 Å². The summed E-state index contributed by atoms with van der Waals surface area (Å²) in [6, 6.07) is 10.8. The topological polar surface area (TPSA) is 122 Å². The Morgan fingerprint density at radius 3 is 1.90 bits per heavy atom. The van der Waals surface area contributed by atoms with Crippen LogP contribution < -0.4 is 28.4 Å². The summed E-state index contributed by atoms with van der Waals surface area (Å²) in [6.07, 6.45) is -0.640. The molecule has 6 heterocycles. The number of benzene rings is 3. The minimum atomic E-state index is -0.666. The lowest BCUT2D eigenvalue weighted by atomic mass is 9.70. The van der Waals surface area contributed by atoms with Crippen molar-refractivity contribution in [2.24, 2.45) is 0 Å². The number of ether oxygens (including phenoxy) is 7. The molecule has 0 aliphatic carbocycles. The SMILES string of the molecule is COc1c(C)c(OC)c(OC)c2c1C[C@H]1[C@H](C#N)N3[C@@H]([C@@H]4OC5c6ccccc6[C@H](C#N)N5C[C@@H]3c3c(OC)c(OC)c(C)c(OC)c34)[C@@H]2N1C. The monoisotopic (exact) mass is 693 g/mol. The molecule has 0 N–H and O–H groups in total. The molecule has 0 saturated carbocycles. The minimum Gasteiger partial charge on any atom is -0.496 e. The van der Waals surface area contributed by atoms with Crippen LogP contribution in [0.25, 0.3) is 0 Å². The molecule has 3 aromatic rings. The summed E-state index contributed by atoms with van der Waals surface area (Å²) in [5.74, 6) is 3.77. The first kappa shape index (κ1) is 33.4. The molecule has 9 rings (SSSR count). The quantitative estimate of drug-likeness (QED) is 0.336.